The number of hydrogen-bond donors (Lipinski definition) is 0. The predicted octanol–water partition coefficient (Wildman–Crippen LogP) is 1.68. The van der Waals surface area contributed by atoms with Gasteiger partial charge < -0.3 is 0 Å². The van der Waals surface area contributed by atoms with E-state index < -0.39 is 0 Å². The van der Waals surface area contributed by atoms with Crippen LogP contribution in [0.1, 0.15) is 11.4 Å². The molecule has 0 unspecified atom stereocenters. The van der Waals surface area contributed by atoms with Crippen LogP contribution in [0.2, 0.25) is 0 Å². The molecule has 0 aliphatic rings. The van der Waals surface area contributed by atoms with E-state index in [1.165, 1.54) is 0 Å². The quantitative estimate of drug-likeness (QED) is 0.625. The lowest BCUT2D eigenvalue weighted by atomic mass is 10.4. The SMILES string of the molecule is Cc1cnc(CBr)nc1. The third-order valence-electron chi connectivity index (χ3n) is 0.954. The van der Waals surface area contributed by atoms with E-state index in [0.29, 0.717) is 0 Å². The van der Waals surface area contributed by atoms with Crippen LogP contribution in [-0.2, 0) is 5.33 Å². The van der Waals surface area contributed by atoms with E-state index in [9.17, 15) is 0 Å². The minimum absolute atomic E-state index is 0.729. The lowest BCUT2D eigenvalue weighted by Gasteiger charge is -1.91. The number of aryl methyl sites for hydroxylation is 1. The average Bonchev–Trinajstić information content (AvgIpc) is 1.90. The summed E-state index contributed by atoms with van der Waals surface area (Å²) in [4.78, 5) is 8.08. The molecule has 1 heterocycles. The Labute approximate surface area is 62.5 Å². The van der Waals surface area contributed by atoms with Gasteiger partial charge in [0.15, 0.2) is 0 Å². The van der Waals surface area contributed by atoms with Crippen molar-refractivity contribution in [3.8, 4) is 0 Å². The molecule has 0 aliphatic carbocycles. The molecule has 0 saturated carbocycles. The van der Waals surface area contributed by atoms with Gasteiger partial charge in [-0.2, -0.15) is 0 Å². The Balaban J connectivity index is 2.88. The summed E-state index contributed by atoms with van der Waals surface area (Å²) >= 11 is 3.26. The van der Waals surface area contributed by atoms with Gasteiger partial charge in [-0.15, -0.1) is 0 Å². The van der Waals surface area contributed by atoms with Crippen LogP contribution in [0.4, 0.5) is 0 Å². The van der Waals surface area contributed by atoms with E-state index in [1.807, 2.05) is 19.3 Å². The molecule has 0 atom stereocenters. The number of aromatic nitrogens is 2. The van der Waals surface area contributed by atoms with Crippen LogP contribution < -0.4 is 0 Å². The highest BCUT2D eigenvalue weighted by molar-refractivity contribution is 9.08. The first-order valence-corrected chi connectivity index (χ1v) is 3.78. The van der Waals surface area contributed by atoms with Gasteiger partial charge in [-0.1, -0.05) is 15.9 Å². The van der Waals surface area contributed by atoms with Gasteiger partial charge in [-0.25, -0.2) is 9.97 Å². The first-order valence-electron chi connectivity index (χ1n) is 2.66. The van der Waals surface area contributed by atoms with Crippen molar-refractivity contribution in [2.24, 2.45) is 0 Å². The van der Waals surface area contributed by atoms with Gasteiger partial charge in [-0.05, 0) is 12.5 Å². The summed E-state index contributed by atoms with van der Waals surface area (Å²) in [5, 5.41) is 0.729. The number of rotatable bonds is 1. The maximum absolute atomic E-state index is 4.04. The van der Waals surface area contributed by atoms with Gasteiger partial charge in [0.05, 0.1) is 5.33 Å². The Morgan fingerprint density at radius 2 is 2.00 bits per heavy atom. The summed E-state index contributed by atoms with van der Waals surface area (Å²) < 4.78 is 0. The second-order valence-corrected chi connectivity index (χ2v) is 2.37. The molecule has 0 bridgehead atoms. The van der Waals surface area contributed by atoms with Gasteiger partial charge >= 0.3 is 0 Å². The normalized spacial score (nSPS) is 9.56. The van der Waals surface area contributed by atoms with E-state index in [0.717, 1.165) is 16.7 Å². The molecule has 48 valence electrons. The number of alkyl halides is 1. The Morgan fingerprint density at radius 1 is 1.44 bits per heavy atom. The highest BCUT2D eigenvalue weighted by Crippen LogP contribution is 1.97. The van der Waals surface area contributed by atoms with Crippen molar-refractivity contribution in [1.82, 2.24) is 9.97 Å². The van der Waals surface area contributed by atoms with Crippen LogP contribution in [0.5, 0.6) is 0 Å². The van der Waals surface area contributed by atoms with E-state index in [-0.39, 0.29) is 0 Å². The van der Waals surface area contributed by atoms with Crippen molar-refractivity contribution in [1.29, 1.82) is 0 Å². The molecule has 0 radical (unpaired) electrons. The molecule has 3 heteroatoms. The predicted molar refractivity (Wildman–Crippen MR) is 39.4 cm³/mol. The lowest BCUT2D eigenvalue weighted by Crippen LogP contribution is -1.89. The van der Waals surface area contributed by atoms with Gasteiger partial charge in [-0.3, -0.25) is 0 Å². The van der Waals surface area contributed by atoms with Gasteiger partial charge in [0.1, 0.15) is 5.82 Å². The van der Waals surface area contributed by atoms with Crippen LogP contribution in [0, 0.1) is 6.92 Å². The standard InChI is InChI=1S/C6H7BrN2/c1-5-3-8-6(2-7)9-4-5/h3-4H,2H2,1H3. The molecule has 1 aromatic rings. The third-order valence-corrected chi connectivity index (χ3v) is 1.46. The van der Waals surface area contributed by atoms with Crippen molar-refractivity contribution in [2.45, 2.75) is 12.3 Å². The molecule has 0 fully saturated rings. The summed E-state index contributed by atoms with van der Waals surface area (Å²) in [6, 6.07) is 0. The smallest absolute Gasteiger partial charge is 0.138 e. The van der Waals surface area contributed by atoms with Crippen molar-refractivity contribution in [2.75, 3.05) is 0 Å². The largest absolute Gasteiger partial charge is 0.240 e. The average molecular weight is 187 g/mol. The summed E-state index contributed by atoms with van der Waals surface area (Å²) in [6.45, 7) is 1.97. The van der Waals surface area contributed by atoms with Crippen LogP contribution in [0.25, 0.3) is 0 Å². The first kappa shape index (κ1) is 6.68. The zero-order valence-corrected chi connectivity index (χ0v) is 6.72. The molecular formula is C6H7BrN2. The topological polar surface area (TPSA) is 25.8 Å². The second kappa shape index (κ2) is 2.92. The minimum Gasteiger partial charge on any atom is -0.240 e. The number of hydrogen-bond acceptors (Lipinski definition) is 2. The molecule has 2 nitrogen and oxygen atoms in total. The molecule has 0 aromatic carbocycles. The Hall–Kier alpha value is -0.440. The maximum Gasteiger partial charge on any atom is 0.138 e. The second-order valence-electron chi connectivity index (χ2n) is 1.81. The van der Waals surface area contributed by atoms with Crippen molar-refractivity contribution >= 4 is 15.9 Å². The molecule has 1 aromatic heterocycles. The molecule has 0 aliphatic heterocycles. The maximum atomic E-state index is 4.04. The fourth-order valence-electron chi connectivity index (χ4n) is 0.488. The van der Waals surface area contributed by atoms with Crippen molar-refractivity contribution in [3.05, 3.63) is 23.8 Å². The first-order chi connectivity index (χ1) is 4.33. The summed E-state index contributed by atoms with van der Waals surface area (Å²) in [6.07, 6.45) is 3.62. The summed E-state index contributed by atoms with van der Waals surface area (Å²) in [5.74, 6) is 0.834. The zero-order chi connectivity index (χ0) is 6.69. The Morgan fingerprint density at radius 3 is 2.44 bits per heavy atom. The van der Waals surface area contributed by atoms with Gasteiger partial charge in [0.25, 0.3) is 0 Å². The van der Waals surface area contributed by atoms with Crippen LogP contribution in [0.15, 0.2) is 12.4 Å². The minimum atomic E-state index is 0.729. The van der Waals surface area contributed by atoms with E-state index in [4.69, 9.17) is 0 Å². The van der Waals surface area contributed by atoms with Crippen LogP contribution in [0.3, 0.4) is 0 Å². The number of halogens is 1. The molecule has 1 rings (SSSR count). The van der Waals surface area contributed by atoms with E-state index in [1.54, 1.807) is 0 Å². The van der Waals surface area contributed by atoms with Gasteiger partial charge in [0.2, 0.25) is 0 Å². The zero-order valence-electron chi connectivity index (χ0n) is 5.13. The van der Waals surface area contributed by atoms with Gasteiger partial charge in [0, 0.05) is 12.4 Å². The Bertz CT molecular complexity index is 183. The molecular weight excluding hydrogens is 180 g/mol. The van der Waals surface area contributed by atoms with E-state index in [2.05, 4.69) is 25.9 Å². The van der Waals surface area contributed by atoms with Crippen molar-refractivity contribution in [3.63, 3.8) is 0 Å². The highest BCUT2D eigenvalue weighted by Gasteiger charge is 1.89. The van der Waals surface area contributed by atoms with E-state index >= 15 is 0 Å². The fraction of sp³-hybridized carbons (Fsp3) is 0.333. The Kier molecular flexibility index (Phi) is 2.16. The highest BCUT2D eigenvalue weighted by atomic mass is 79.9. The molecule has 9 heavy (non-hydrogen) atoms. The number of nitrogens with zero attached hydrogens (tertiary/aromatic N) is 2. The fourth-order valence-corrected chi connectivity index (χ4v) is 0.778. The summed E-state index contributed by atoms with van der Waals surface area (Å²) in [5.41, 5.74) is 1.10. The molecule has 0 amide bonds. The van der Waals surface area contributed by atoms with Crippen LogP contribution in [-0.4, -0.2) is 9.97 Å². The summed E-state index contributed by atoms with van der Waals surface area (Å²) in [7, 11) is 0. The lowest BCUT2D eigenvalue weighted by molar-refractivity contribution is 1.02. The molecule has 0 N–H and O–H groups in total. The third kappa shape index (κ3) is 1.75. The molecule has 0 spiro atoms. The molecule has 0 saturated heterocycles. The van der Waals surface area contributed by atoms with Crippen molar-refractivity contribution < 1.29 is 0 Å². The van der Waals surface area contributed by atoms with Crippen LogP contribution >= 0.6 is 15.9 Å². The monoisotopic (exact) mass is 186 g/mol.